The normalized spacial score (nSPS) is 14.4. The molecular formula is C50H48N10O8S3. The first kappa shape index (κ1) is 49.5. The maximum atomic E-state index is 13.6. The number of carbonyl (C=O) groups is 7. The lowest BCUT2D eigenvalue weighted by molar-refractivity contribution is -0.146. The van der Waals surface area contributed by atoms with Gasteiger partial charge in [-0.15, -0.1) is 34.0 Å². The Kier molecular flexibility index (Phi) is 14.9. The lowest BCUT2D eigenvalue weighted by Crippen LogP contribution is -2.49. The van der Waals surface area contributed by atoms with Crippen molar-refractivity contribution < 1.29 is 38.3 Å². The highest BCUT2D eigenvalue weighted by molar-refractivity contribution is 7.14. The number of benzene rings is 3. The molecule has 0 saturated carbocycles. The molecular weight excluding hydrogens is 965 g/mol. The molecule has 0 aliphatic carbocycles. The van der Waals surface area contributed by atoms with Gasteiger partial charge in [-0.05, 0) is 72.7 Å². The van der Waals surface area contributed by atoms with Gasteiger partial charge in [-0.3, -0.25) is 38.9 Å². The van der Waals surface area contributed by atoms with Crippen LogP contribution >= 0.6 is 34.0 Å². The number of nitrogens with one attached hydrogen (secondary N) is 7. The topological polar surface area (TPSA) is 255 Å². The zero-order valence-electron chi connectivity index (χ0n) is 38.9. The Bertz CT molecular complexity index is 3180. The van der Waals surface area contributed by atoms with Crippen molar-refractivity contribution >= 4 is 102 Å². The van der Waals surface area contributed by atoms with Crippen LogP contribution in [0.15, 0.2) is 107 Å². The summed E-state index contributed by atoms with van der Waals surface area (Å²) in [5.74, 6) is -5.19. The number of hydrogen-bond donors (Lipinski definition) is 7. The van der Waals surface area contributed by atoms with Gasteiger partial charge in [0.1, 0.15) is 35.5 Å². The summed E-state index contributed by atoms with van der Waals surface area (Å²) < 4.78 is 5.66. The summed E-state index contributed by atoms with van der Waals surface area (Å²) in [7, 11) is 0. The number of amides is 6. The van der Waals surface area contributed by atoms with Crippen molar-refractivity contribution in [3.8, 4) is 28.3 Å². The molecule has 4 aromatic heterocycles. The summed E-state index contributed by atoms with van der Waals surface area (Å²) in [5.41, 5.74) is 4.64. The summed E-state index contributed by atoms with van der Waals surface area (Å²) >= 11 is 3.64. The monoisotopic (exact) mass is 1010 g/mol. The van der Waals surface area contributed by atoms with E-state index in [0.717, 1.165) is 0 Å². The van der Waals surface area contributed by atoms with Crippen LogP contribution in [-0.2, 0) is 30.4 Å². The molecule has 6 amide bonds. The van der Waals surface area contributed by atoms with Gasteiger partial charge >= 0.3 is 5.97 Å². The van der Waals surface area contributed by atoms with Crippen LogP contribution in [0.25, 0.3) is 33.4 Å². The Morgan fingerprint density at radius 1 is 0.718 bits per heavy atom. The van der Waals surface area contributed by atoms with Crippen molar-refractivity contribution in [1.29, 1.82) is 0 Å². The van der Waals surface area contributed by atoms with Crippen molar-refractivity contribution in [2.24, 2.45) is 17.8 Å². The summed E-state index contributed by atoms with van der Waals surface area (Å²) in [6.07, 6.45) is 1.59. The number of aromatic amines is 1. The van der Waals surface area contributed by atoms with Crippen molar-refractivity contribution in [2.45, 2.75) is 59.2 Å². The number of ether oxygens (including phenoxy) is 1. The molecule has 1 aliphatic rings. The van der Waals surface area contributed by atoms with Crippen LogP contribution in [0.2, 0.25) is 0 Å². The number of carbonyl (C=O) groups excluding carboxylic acids is 7. The minimum absolute atomic E-state index is 0.00544. The van der Waals surface area contributed by atoms with E-state index < -0.39 is 53.6 Å². The van der Waals surface area contributed by atoms with Crippen molar-refractivity contribution in [2.75, 3.05) is 16.0 Å². The van der Waals surface area contributed by atoms with Gasteiger partial charge in [-0.25, -0.2) is 15.0 Å². The first-order valence-corrected chi connectivity index (χ1v) is 25.0. The molecule has 0 bridgehead atoms. The molecule has 0 radical (unpaired) electrons. The molecule has 1 unspecified atom stereocenters. The smallest absolute Gasteiger partial charge is 0.324 e. The zero-order chi connectivity index (χ0) is 50.5. The molecule has 5 heterocycles. The third-order valence-electron chi connectivity index (χ3n) is 11.4. The maximum absolute atomic E-state index is 13.6. The van der Waals surface area contributed by atoms with E-state index in [1.165, 1.54) is 34.0 Å². The van der Waals surface area contributed by atoms with Crippen LogP contribution < -0.4 is 36.6 Å². The lowest BCUT2D eigenvalue weighted by atomic mass is 9.93. The number of rotatable bonds is 17. The number of thiazole rings is 3. The average Bonchev–Trinajstić information content (AvgIpc) is 4.20. The first-order valence-electron chi connectivity index (χ1n) is 22.3. The van der Waals surface area contributed by atoms with Crippen LogP contribution in [0, 0.1) is 17.8 Å². The Labute approximate surface area is 419 Å². The minimum atomic E-state index is -1.26. The Morgan fingerprint density at radius 2 is 1.32 bits per heavy atom. The minimum Gasteiger partial charge on any atom is -0.426 e. The van der Waals surface area contributed by atoms with Crippen molar-refractivity contribution in [3.05, 3.63) is 124 Å². The average molecular weight is 1010 g/mol. The quantitative estimate of drug-likeness (QED) is 0.0204. The van der Waals surface area contributed by atoms with E-state index in [1.807, 2.05) is 39.8 Å². The fourth-order valence-corrected chi connectivity index (χ4v) is 9.57. The van der Waals surface area contributed by atoms with E-state index in [-0.39, 0.29) is 46.6 Å². The van der Waals surface area contributed by atoms with Gasteiger partial charge in [0, 0.05) is 49.9 Å². The van der Waals surface area contributed by atoms with Gasteiger partial charge < -0.3 is 36.3 Å². The van der Waals surface area contributed by atoms with Crippen LogP contribution in [-0.4, -0.2) is 79.5 Å². The molecule has 0 fully saturated rings. The largest absolute Gasteiger partial charge is 0.426 e. The van der Waals surface area contributed by atoms with Crippen LogP contribution in [0.3, 0.4) is 0 Å². The zero-order valence-corrected chi connectivity index (χ0v) is 41.4. The SMILES string of the molecule is C=C(C)[C@H](NC(=O)C1Cc2ccc(-c3csc(NC(=O)[C@@H](NC(=O)c4ccccc4)C(C)C)n3)cc2OC1=O)C(=O)Nc1nc(-c2ccc3[nH]c(C(=O)N[C@H](C(=O)Nc4nccs4)C(C)C)cc3c2)cs1. The Hall–Kier alpha value is -7.88. The molecule has 0 spiro atoms. The van der Waals surface area contributed by atoms with Gasteiger partial charge in [0.25, 0.3) is 17.7 Å². The standard InChI is InChI=1S/C50H48N10O8S3/c1-24(2)38(55-41(61)27-10-8-7-9-11-27)45(65)59-50-54-36(23-71-50)29-12-13-30-19-32(47(67)68-37(30)21-29)42(62)56-39(25(3)4)46(66)60-49-53-35(22-70-49)28-14-15-33-31(18-28)20-34(52-33)43(63)57-40(26(5)6)44(64)58-48-51-16-17-69-48/h7-18,20-24,26,32,38-40,52H,3,19H2,1-2,4-6H3,(H,55,61)(H,56,62)(H,57,63)(H,51,58,64)(H,53,60,66)(H,54,59,65)/t32?,38-,39-,40-/m0/s1. The second-order valence-corrected chi connectivity index (χ2v) is 20.0. The van der Waals surface area contributed by atoms with Gasteiger partial charge in [-0.1, -0.05) is 70.7 Å². The second kappa shape index (κ2) is 21.4. The molecule has 4 atom stereocenters. The summed E-state index contributed by atoms with van der Waals surface area (Å²) in [5, 5.41) is 23.5. The van der Waals surface area contributed by atoms with E-state index in [2.05, 4.69) is 58.4 Å². The van der Waals surface area contributed by atoms with E-state index >= 15 is 0 Å². The number of anilines is 3. The van der Waals surface area contributed by atoms with Gasteiger partial charge in [0.15, 0.2) is 15.4 Å². The van der Waals surface area contributed by atoms with E-state index in [4.69, 9.17) is 4.74 Å². The van der Waals surface area contributed by atoms with Crippen LogP contribution in [0.5, 0.6) is 5.75 Å². The lowest BCUT2D eigenvalue weighted by Gasteiger charge is -2.25. The Morgan fingerprint density at radius 3 is 1.94 bits per heavy atom. The number of esters is 1. The van der Waals surface area contributed by atoms with E-state index in [9.17, 15) is 33.6 Å². The molecule has 0 saturated heterocycles. The third kappa shape index (κ3) is 11.6. The van der Waals surface area contributed by atoms with Crippen molar-refractivity contribution in [3.63, 3.8) is 0 Å². The number of H-pyrrole nitrogens is 1. The molecule has 364 valence electrons. The summed E-state index contributed by atoms with van der Waals surface area (Å²) in [4.78, 5) is 109. The van der Waals surface area contributed by atoms with E-state index in [0.29, 0.717) is 60.4 Å². The molecule has 71 heavy (non-hydrogen) atoms. The summed E-state index contributed by atoms with van der Waals surface area (Å²) in [6.45, 7) is 12.8. The molecule has 18 nitrogen and oxygen atoms in total. The molecule has 1 aliphatic heterocycles. The van der Waals surface area contributed by atoms with Gasteiger partial charge in [-0.2, -0.15) is 0 Å². The highest BCUT2D eigenvalue weighted by Crippen LogP contribution is 2.35. The van der Waals surface area contributed by atoms with Gasteiger partial charge in [0.2, 0.25) is 17.7 Å². The summed E-state index contributed by atoms with van der Waals surface area (Å²) in [6, 6.07) is 18.1. The fraction of sp³-hybridized carbons (Fsp3) is 0.240. The van der Waals surface area contributed by atoms with E-state index in [1.54, 1.807) is 89.9 Å². The first-order chi connectivity index (χ1) is 34.0. The number of nitrogens with zero attached hydrogens (tertiary/aromatic N) is 3. The molecule has 7 aromatic rings. The highest BCUT2D eigenvalue weighted by Gasteiger charge is 2.37. The molecule has 8 rings (SSSR count). The molecule has 3 aromatic carbocycles. The molecule has 21 heteroatoms. The predicted molar refractivity (Wildman–Crippen MR) is 273 cm³/mol. The van der Waals surface area contributed by atoms with Crippen LogP contribution in [0.4, 0.5) is 15.4 Å². The third-order valence-corrected chi connectivity index (χ3v) is 13.6. The fourth-order valence-electron chi connectivity index (χ4n) is 7.59. The van der Waals surface area contributed by atoms with Crippen molar-refractivity contribution in [1.82, 2.24) is 35.9 Å². The Balaban J connectivity index is 0.862. The number of hydrogen-bond acceptors (Lipinski definition) is 14. The number of aromatic nitrogens is 4. The highest BCUT2D eigenvalue weighted by atomic mass is 32.1. The predicted octanol–water partition coefficient (Wildman–Crippen LogP) is 7.43. The second-order valence-electron chi connectivity index (χ2n) is 17.4. The van der Waals surface area contributed by atoms with Gasteiger partial charge in [0.05, 0.1) is 11.4 Å². The number of fused-ring (bicyclic) bond motifs is 2. The molecule has 7 N–H and O–H groups in total. The maximum Gasteiger partial charge on any atom is 0.324 e. The van der Waals surface area contributed by atoms with Crippen LogP contribution in [0.1, 0.15) is 61.0 Å².